The lowest BCUT2D eigenvalue weighted by Crippen LogP contribution is -2.10. The number of hydrogen-bond donors (Lipinski definition) is 1. The number of nitro groups is 1. The van der Waals surface area contributed by atoms with Gasteiger partial charge in [0, 0.05) is 12.1 Å². The number of hydrogen-bond acceptors (Lipinski definition) is 7. The Bertz CT molecular complexity index is 710. The van der Waals surface area contributed by atoms with E-state index in [1.807, 2.05) is 0 Å². The molecule has 0 aliphatic rings. The van der Waals surface area contributed by atoms with Crippen LogP contribution in [-0.2, 0) is 4.74 Å². The number of carbonyl (C=O) groups excluding carboxylic acids is 1. The quantitative estimate of drug-likeness (QED) is 0.510. The molecule has 0 unspecified atom stereocenters. The summed E-state index contributed by atoms with van der Waals surface area (Å²) in [5.74, 6) is -0.721. The molecule has 0 radical (unpaired) electrons. The lowest BCUT2D eigenvalue weighted by Gasteiger charge is -2.06. The number of nitro benzene ring substituents is 1. The molecule has 1 heterocycles. The Labute approximate surface area is 119 Å². The maximum Gasteiger partial charge on any atom is 0.362 e. The van der Waals surface area contributed by atoms with Gasteiger partial charge in [0.15, 0.2) is 5.82 Å². The van der Waals surface area contributed by atoms with Gasteiger partial charge in [0.1, 0.15) is 0 Å². The fourth-order valence-electron chi connectivity index (χ4n) is 1.75. The number of carbonyl (C=O) groups is 1. The van der Waals surface area contributed by atoms with Crippen molar-refractivity contribution in [3.63, 3.8) is 0 Å². The number of aromatic nitrogens is 3. The second kappa shape index (κ2) is 5.57. The average molecular weight is 291 g/mol. The highest BCUT2D eigenvalue weighted by Gasteiger charge is 2.21. The van der Waals surface area contributed by atoms with E-state index in [-0.39, 0.29) is 23.8 Å². The molecule has 0 amide bonds. The first kappa shape index (κ1) is 14.4. The first-order valence-corrected chi connectivity index (χ1v) is 6.09. The number of anilines is 1. The topological polar surface area (TPSA) is 126 Å². The maximum atomic E-state index is 11.6. The number of nitrogens with two attached hydrogens (primary N) is 1. The van der Waals surface area contributed by atoms with E-state index < -0.39 is 10.9 Å². The smallest absolute Gasteiger partial charge is 0.362 e. The highest BCUT2D eigenvalue weighted by atomic mass is 16.6. The Kier molecular flexibility index (Phi) is 3.83. The lowest BCUT2D eigenvalue weighted by atomic mass is 10.2. The minimum absolute atomic E-state index is 0.0305. The van der Waals surface area contributed by atoms with Crippen molar-refractivity contribution in [2.24, 2.45) is 0 Å². The van der Waals surface area contributed by atoms with Crippen molar-refractivity contribution in [2.75, 3.05) is 12.3 Å². The summed E-state index contributed by atoms with van der Waals surface area (Å²) in [5.41, 5.74) is 6.68. The predicted octanol–water partition coefficient (Wildman–Crippen LogP) is 1.24. The molecule has 2 rings (SSSR count). The summed E-state index contributed by atoms with van der Waals surface area (Å²) in [6.07, 6.45) is 0. The Morgan fingerprint density at radius 2 is 2.24 bits per heavy atom. The van der Waals surface area contributed by atoms with Crippen LogP contribution >= 0.6 is 0 Å². The Hall–Kier alpha value is -2.97. The second-order valence-electron chi connectivity index (χ2n) is 4.18. The standard InChI is InChI=1S/C12H13N5O4/c1-3-21-12(18)10-11(13)16(15-14-10)9-6-8(17(19)20)5-4-7(9)2/h4-6H,3,13H2,1-2H3. The van der Waals surface area contributed by atoms with Crippen LogP contribution in [0.1, 0.15) is 23.0 Å². The van der Waals surface area contributed by atoms with E-state index >= 15 is 0 Å². The van der Waals surface area contributed by atoms with Crippen molar-refractivity contribution in [3.05, 3.63) is 39.6 Å². The molecule has 0 aliphatic heterocycles. The zero-order valence-corrected chi connectivity index (χ0v) is 11.4. The van der Waals surface area contributed by atoms with Crippen LogP contribution in [0.15, 0.2) is 18.2 Å². The molecule has 2 N–H and O–H groups in total. The number of rotatable bonds is 4. The van der Waals surface area contributed by atoms with E-state index in [4.69, 9.17) is 10.5 Å². The second-order valence-corrected chi connectivity index (χ2v) is 4.18. The minimum atomic E-state index is -0.690. The van der Waals surface area contributed by atoms with Crippen molar-refractivity contribution < 1.29 is 14.5 Å². The van der Waals surface area contributed by atoms with Crippen LogP contribution in [0, 0.1) is 17.0 Å². The molecule has 9 heteroatoms. The summed E-state index contributed by atoms with van der Waals surface area (Å²) < 4.78 is 5.98. The van der Waals surface area contributed by atoms with Crippen molar-refractivity contribution in [3.8, 4) is 5.69 Å². The third kappa shape index (κ3) is 2.66. The minimum Gasteiger partial charge on any atom is -0.461 e. The van der Waals surface area contributed by atoms with Gasteiger partial charge in [-0.15, -0.1) is 5.10 Å². The van der Waals surface area contributed by atoms with E-state index in [1.165, 1.54) is 16.8 Å². The molecule has 0 saturated carbocycles. The largest absolute Gasteiger partial charge is 0.461 e. The molecule has 9 nitrogen and oxygen atoms in total. The zero-order valence-electron chi connectivity index (χ0n) is 11.4. The number of ether oxygens (including phenoxy) is 1. The Morgan fingerprint density at radius 1 is 1.52 bits per heavy atom. The van der Waals surface area contributed by atoms with Gasteiger partial charge in [-0.25, -0.2) is 4.79 Å². The molecule has 1 aromatic carbocycles. The number of nitrogen functional groups attached to an aromatic ring is 1. The van der Waals surface area contributed by atoms with E-state index in [9.17, 15) is 14.9 Å². The van der Waals surface area contributed by atoms with E-state index in [0.29, 0.717) is 11.3 Å². The van der Waals surface area contributed by atoms with Crippen LogP contribution in [-0.4, -0.2) is 32.5 Å². The number of aryl methyl sites for hydroxylation is 1. The van der Waals surface area contributed by atoms with Gasteiger partial charge in [0.2, 0.25) is 5.69 Å². The molecule has 2 aromatic rings. The molecular weight excluding hydrogens is 278 g/mol. The summed E-state index contributed by atoms with van der Waals surface area (Å²) in [7, 11) is 0. The van der Waals surface area contributed by atoms with Gasteiger partial charge in [-0.1, -0.05) is 11.3 Å². The monoisotopic (exact) mass is 291 g/mol. The van der Waals surface area contributed by atoms with Gasteiger partial charge in [0.05, 0.1) is 17.2 Å². The summed E-state index contributed by atoms with van der Waals surface area (Å²) in [6.45, 7) is 3.58. The van der Waals surface area contributed by atoms with Crippen LogP contribution < -0.4 is 5.73 Å². The summed E-state index contributed by atoms with van der Waals surface area (Å²) in [5, 5.41) is 18.3. The van der Waals surface area contributed by atoms with Gasteiger partial charge < -0.3 is 10.5 Å². The van der Waals surface area contributed by atoms with E-state index in [2.05, 4.69) is 10.3 Å². The van der Waals surface area contributed by atoms with E-state index in [1.54, 1.807) is 19.9 Å². The highest BCUT2D eigenvalue weighted by Crippen LogP contribution is 2.23. The molecule has 21 heavy (non-hydrogen) atoms. The molecule has 0 bridgehead atoms. The number of nitrogens with zero attached hydrogens (tertiary/aromatic N) is 4. The average Bonchev–Trinajstić information content (AvgIpc) is 2.81. The SMILES string of the molecule is CCOC(=O)c1nnn(-c2cc([N+](=O)[O-])ccc2C)c1N. The van der Waals surface area contributed by atoms with Crippen molar-refractivity contribution in [2.45, 2.75) is 13.8 Å². The summed E-state index contributed by atoms with van der Waals surface area (Å²) >= 11 is 0. The molecule has 0 saturated heterocycles. The van der Waals surface area contributed by atoms with Crippen molar-refractivity contribution >= 4 is 17.5 Å². The molecule has 110 valence electrons. The van der Waals surface area contributed by atoms with Crippen molar-refractivity contribution in [1.82, 2.24) is 15.0 Å². The van der Waals surface area contributed by atoms with Crippen LogP contribution in [0.25, 0.3) is 5.69 Å². The van der Waals surface area contributed by atoms with Gasteiger partial charge >= 0.3 is 5.97 Å². The molecule has 0 aliphatic carbocycles. The van der Waals surface area contributed by atoms with Crippen molar-refractivity contribution in [1.29, 1.82) is 0 Å². The summed E-state index contributed by atoms with van der Waals surface area (Å²) in [6, 6.07) is 4.26. The first-order chi connectivity index (χ1) is 9.95. The zero-order chi connectivity index (χ0) is 15.6. The molecule has 0 atom stereocenters. The Morgan fingerprint density at radius 3 is 2.86 bits per heavy atom. The Balaban J connectivity index is 2.50. The van der Waals surface area contributed by atoms with Gasteiger partial charge in [-0.05, 0) is 19.4 Å². The lowest BCUT2D eigenvalue weighted by molar-refractivity contribution is -0.384. The molecular formula is C12H13N5O4. The molecule has 1 aromatic heterocycles. The van der Waals surface area contributed by atoms with Gasteiger partial charge in [-0.3, -0.25) is 10.1 Å². The summed E-state index contributed by atoms with van der Waals surface area (Å²) in [4.78, 5) is 22.0. The van der Waals surface area contributed by atoms with Crippen LogP contribution in [0.3, 0.4) is 0 Å². The highest BCUT2D eigenvalue weighted by molar-refractivity contribution is 5.92. The van der Waals surface area contributed by atoms with Crippen LogP contribution in [0.5, 0.6) is 0 Å². The number of esters is 1. The predicted molar refractivity (Wildman–Crippen MR) is 73.1 cm³/mol. The fraction of sp³-hybridized carbons (Fsp3) is 0.250. The van der Waals surface area contributed by atoms with E-state index in [0.717, 1.165) is 0 Å². The normalized spacial score (nSPS) is 10.4. The molecule has 0 spiro atoms. The fourth-order valence-corrected chi connectivity index (χ4v) is 1.75. The third-order valence-corrected chi connectivity index (χ3v) is 2.81. The number of benzene rings is 1. The van der Waals surface area contributed by atoms with Crippen LogP contribution in [0.4, 0.5) is 11.5 Å². The van der Waals surface area contributed by atoms with Gasteiger partial charge in [-0.2, -0.15) is 4.68 Å². The molecule has 0 fully saturated rings. The van der Waals surface area contributed by atoms with Gasteiger partial charge in [0.25, 0.3) is 5.69 Å². The third-order valence-electron chi connectivity index (χ3n) is 2.81. The van der Waals surface area contributed by atoms with Crippen LogP contribution in [0.2, 0.25) is 0 Å². The number of non-ortho nitro benzene ring substituents is 1. The maximum absolute atomic E-state index is 11.6. The first-order valence-electron chi connectivity index (χ1n) is 6.09.